The van der Waals surface area contributed by atoms with Crippen molar-refractivity contribution < 1.29 is 9.53 Å². The van der Waals surface area contributed by atoms with Crippen LogP contribution in [0.1, 0.15) is 5.56 Å². The van der Waals surface area contributed by atoms with Gasteiger partial charge in [0.05, 0.1) is 4.47 Å². The summed E-state index contributed by atoms with van der Waals surface area (Å²) in [5.41, 5.74) is 1.84. The molecule has 2 aromatic carbocycles. The van der Waals surface area contributed by atoms with Crippen molar-refractivity contribution in [3.63, 3.8) is 0 Å². The Labute approximate surface area is 153 Å². The number of amides is 1. The number of anilines is 1. The molecule has 0 unspecified atom stereocenters. The minimum absolute atomic E-state index is 0.135. The van der Waals surface area contributed by atoms with Gasteiger partial charge >= 0.3 is 0 Å². The van der Waals surface area contributed by atoms with Crippen molar-refractivity contribution in [3.8, 4) is 5.75 Å². The molecule has 0 aromatic heterocycles. The number of hydrogen-bond acceptors (Lipinski definition) is 3. The van der Waals surface area contributed by atoms with E-state index >= 15 is 0 Å². The van der Waals surface area contributed by atoms with Gasteiger partial charge in [-0.25, -0.2) is 0 Å². The van der Waals surface area contributed by atoms with E-state index in [1.165, 1.54) is 0 Å². The molecule has 120 valence electrons. The molecule has 23 heavy (non-hydrogen) atoms. The van der Waals surface area contributed by atoms with E-state index in [2.05, 4.69) is 26.6 Å². The fraction of sp³-hybridized carbons (Fsp3) is 0.125. The number of aryl methyl sites for hydroxylation is 1. The van der Waals surface area contributed by atoms with E-state index in [0.29, 0.717) is 10.8 Å². The van der Waals surface area contributed by atoms with E-state index < -0.39 is 0 Å². The molecule has 2 N–H and O–H groups in total. The van der Waals surface area contributed by atoms with Gasteiger partial charge in [0.15, 0.2) is 11.7 Å². The summed E-state index contributed by atoms with van der Waals surface area (Å²) in [6, 6.07) is 12.6. The normalized spacial score (nSPS) is 10.0. The Hall–Kier alpha value is -1.63. The van der Waals surface area contributed by atoms with E-state index in [1.807, 2.05) is 19.1 Å². The Morgan fingerprint density at radius 3 is 2.61 bits per heavy atom. The van der Waals surface area contributed by atoms with Gasteiger partial charge in [-0.05, 0) is 77.0 Å². The van der Waals surface area contributed by atoms with Gasteiger partial charge in [0.1, 0.15) is 5.75 Å². The average Bonchev–Trinajstić information content (AvgIpc) is 2.48. The topological polar surface area (TPSA) is 50.4 Å². The van der Waals surface area contributed by atoms with Crippen LogP contribution >= 0.6 is 39.7 Å². The van der Waals surface area contributed by atoms with Crippen LogP contribution in [0, 0.1) is 6.92 Å². The van der Waals surface area contributed by atoms with Crippen molar-refractivity contribution in [2.45, 2.75) is 6.92 Å². The molecule has 0 saturated carbocycles. The van der Waals surface area contributed by atoms with Gasteiger partial charge in [0, 0.05) is 10.7 Å². The van der Waals surface area contributed by atoms with Gasteiger partial charge in [-0.3, -0.25) is 10.1 Å². The van der Waals surface area contributed by atoms with Crippen LogP contribution in [0.15, 0.2) is 46.9 Å². The van der Waals surface area contributed by atoms with Gasteiger partial charge in [-0.15, -0.1) is 0 Å². The maximum Gasteiger partial charge on any atom is 0.264 e. The Bertz CT molecular complexity index is 723. The van der Waals surface area contributed by atoms with Crippen LogP contribution in [0.25, 0.3) is 0 Å². The summed E-state index contributed by atoms with van der Waals surface area (Å²) < 4.78 is 6.25. The molecule has 7 heteroatoms. The zero-order valence-electron chi connectivity index (χ0n) is 12.2. The standard InChI is InChI=1S/C16H14BrClN2O2S/c1-10-2-7-14(13(17)8-10)22-9-15(21)20-16(23)19-12-5-3-11(18)4-6-12/h2-8H,9H2,1H3,(H2,19,20,21,23). The minimum atomic E-state index is -0.344. The first-order chi connectivity index (χ1) is 10.9. The van der Waals surface area contributed by atoms with Crippen molar-refractivity contribution in [1.82, 2.24) is 5.32 Å². The lowest BCUT2D eigenvalue weighted by Crippen LogP contribution is -2.37. The first-order valence-corrected chi connectivity index (χ1v) is 8.27. The van der Waals surface area contributed by atoms with Crippen LogP contribution in [0.2, 0.25) is 5.02 Å². The maximum atomic E-state index is 11.8. The van der Waals surface area contributed by atoms with E-state index in [0.717, 1.165) is 15.7 Å². The van der Waals surface area contributed by atoms with E-state index in [-0.39, 0.29) is 17.6 Å². The van der Waals surface area contributed by atoms with Crippen LogP contribution in [-0.2, 0) is 4.79 Å². The molecule has 2 aromatic rings. The smallest absolute Gasteiger partial charge is 0.264 e. The first-order valence-electron chi connectivity index (χ1n) is 6.69. The minimum Gasteiger partial charge on any atom is -0.483 e. The summed E-state index contributed by atoms with van der Waals surface area (Å²) in [5, 5.41) is 6.27. The van der Waals surface area contributed by atoms with E-state index in [9.17, 15) is 4.79 Å². The third-order valence-corrected chi connectivity index (χ3v) is 3.88. The molecule has 0 aliphatic rings. The lowest BCUT2D eigenvalue weighted by Gasteiger charge is -2.11. The van der Waals surface area contributed by atoms with Crippen molar-refractivity contribution in [3.05, 3.63) is 57.5 Å². The lowest BCUT2D eigenvalue weighted by molar-refractivity contribution is -0.121. The van der Waals surface area contributed by atoms with Crippen LogP contribution in [0.4, 0.5) is 5.69 Å². The van der Waals surface area contributed by atoms with Gasteiger partial charge in [0.25, 0.3) is 5.91 Å². The molecule has 0 aliphatic heterocycles. The number of thiocarbonyl (C=S) groups is 1. The molecule has 4 nitrogen and oxygen atoms in total. The summed E-state index contributed by atoms with van der Waals surface area (Å²) in [5.74, 6) is 0.256. The van der Waals surface area contributed by atoms with Crippen LogP contribution < -0.4 is 15.4 Å². The average molecular weight is 414 g/mol. The zero-order chi connectivity index (χ0) is 16.8. The quantitative estimate of drug-likeness (QED) is 0.734. The summed E-state index contributed by atoms with van der Waals surface area (Å²) >= 11 is 14.3. The zero-order valence-corrected chi connectivity index (χ0v) is 15.4. The van der Waals surface area contributed by atoms with E-state index in [1.54, 1.807) is 30.3 Å². The SMILES string of the molecule is Cc1ccc(OCC(=O)NC(=S)Nc2ccc(Cl)cc2)c(Br)c1. The third-order valence-electron chi connectivity index (χ3n) is 2.80. The molecule has 1 amide bonds. The predicted molar refractivity (Wildman–Crippen MR) is 100 cm³/mol. The number of carbonyl (C=O) groups excluding carboxylic acids is 1. The van der Waals surface area contributed by atoms with Crippen molar-refractivity contribution >= 4 is 56.5 Å². The molecule has 0 heterocycles. The molecule has 0 atom stereocenters. The molecule has 2 rings (SSSR count). The molecule has 0 spiro atoms. The number of carbonyl (C=O) groups is 1. The molecule has 0 radical (unpaired) electrons. The highest BCUT2D eigenvalue weighted by molar-refractivity contribution is 9.10. The summed E-state index contributed by atoms with van der Waals surface area (Å²) in [7, 11) is 0. The number of halogens is 2. The van der Waals surface area contributed by atoms with E-state index in [4.69, 9.17) is 28.6 Å². The van der Waals surface area contributed by atoms with Crippen molar-refractivity contribution in [2.24, 2.45) is 0 Å². The summed E-state index contributed by atoms with van der Waals surface area (Å²) in [6.07, 6.45) is 0. The summed E-state index contributed by atoms with van der Waals surface area (Å²) in [4.78, 5) is 11.8. The van der Waals surface area contributed by atoms with Crippen molar-refractivity contribution in [2.75, 3.05) is 11.9 Å². The molecule has 0 fully saturated rings. The Morgan fingerprint density at radius 1 is 1.26 bits per heavy atom. The highest BCUT2D eigenvalue weighted by Crippen LogP contribution is 2.25. The lowest BCUT2D eigenvalue weighted by atomic mass is 10.2. The maximum absolute atomic E-state index is 11.8. The fourth-order valence-electron chi connectivity index (χ4n) is 1.72. The Kier molecular flexibility index (Phi) is 6.38. The van der Waals surface area contributed by atoms with Gasteiger partial charge in [-0.2, -0.15) is 0 Å². The summed E-state index contributed by atoms with van der Waals surface area (Å²) in [6.45, 7) is 1.84. The van der Waals surface area contributed by atoms with Gasteiger partial charge < -0.3 is 10.1 Å². The number of ether oxygens (including phenoxy) is 1. The van der Waals surface area contributed by atoms with Crippen LogP contribution in [0.5, 0.6) is 5.75 Å². The first kappa shape index (κ1) is 17.7. The van der Waals surface area contributed by atoms with Crippen LogP contribution in [-0.4, -0.2) is 17.6 Å². The fourth-order valence-corrected chi connectivity index (χ4v) is 2.69. The van der Waals surface area contributed by atoms with Gasteiger partial charge in [0.2, 0.25) is 0 Å². The molecular weight excluding hydrogens is 400 g/mol. The molecular formula is C16H14BrClN2O2S. The number of hydrogen-bond donors (Lipinski definition) is 2. The molecule has 0 bridgehead atoms. The molecule has 0 aliphatic carbocycles. The largest absolute Gasteiger partial charge is 0.483 e. The highest BCUT2D eigenvalue weighted by atomic mass is 79.9. The number of nitrogens with one attached hydrogen (secondary N) is 2. The second-order valence-electron chi connectivity index (χ2n) is 4.73. The second kappa shape index (κ2) is 8.29. The number of benzene rings is 2. The Morgan fingerprint density at radius 2 is 1.96 bits per heavy atom. The second-order valence-corrected chi connectivity index (χ2v) is 6.43. The molecule has 0 saturated heterocycles. The Balaban J connectivity index is 1.82. The van der Waals surface area contributed by atoms with Crippen molar-refractivity contribution in [1.29, 1.82) is 0 Å². The highest BCUT2D eigenvalue weighted by Gasteiger charge is 2.08. The predicted octanol–water partition coefficient (Wildman–Crippen LogP) is 4.30. The monoisotopic (exact) mass is 412 g/mol. The van der Waals surface area contributed by atoms with Gasteiger partial charge in [-0.1, -0.05) is 17.7 Å². The van der Waals surface area contributed by atoms with Crippen LogP contribution in [0.3, 0.4) is 0 Å². The third kappa shape index (κ3) is 5.82. The number of rotatable bonds is 4.